The van der Waals surface area contributed by atoms with Gasteiger partial charge in [-0.1, -0.05) is 36.4 Å². The van der Waals surface area contributed by atoms with Gasteiger partial charge >= 0.3 is 18.1 Å². The van der Waals surface area contributed by atoms with Gasteiger partial charge in [0.15, 0.2) is 12.4 Å². The van der Waals surface area contributed by atoms with Crippen molar-refractivity contribution in [2.45, 2.75) is 68.4 Å². The lowest BCUT2D eigenvalue weighted by Crippen LogP contribution is -2.49. The highest BCUT2D eigenvalue weighted by molar-refractivity contribution is 5.98. The number of carbonyl (C=O) groups excluding carboxylic acids is 4. The Labute approximate surface area is 279 Å². The second-order valence-corrected chi connectivity index (χ2v) is 12.4. The maximum absolute atomic E-state index is 13.9. The maximum Gasteiger partial charge on any atom is 0.422 e. The van der Waals surface area contributed by atoms with Crippen LogP contribution in [0.15, 0.2) is 66.3 Å². The fraction of sp³-hybridized carbons (Fsp3) is 0.429. The van der Waals surface area contributed by atoms with E-state index in [0.29, 0.717) is 43.4 Å². The first kappa shape index (κ1) is 34.3. The number of amides is 2. The fourth-order valence-electron chi connectivity index (χ4n) is 6.72. The topological polar surface area (TPSA) is 141 Å². The van der Waals surface area contributed by atoms with Crippen molar-refractivity contribution in [1.82, 2.24) is 10.2 Å². The average Bonchev–Trinajstić information content (AvgIpc) is 3.80. The Balaban J connectivity index is 1.18. The first-order valence-electron chi connectivity index (χ1n) is 16.0. The third-order valence-electron chi connectivity index (χ3n) is 8.91. The van der Waals surface area contributed by atoms with Crippen LogP contribution in [0.3, 0.4) is 0 Å². The van der Waals surface area contributed by atoms with Crippen LogP contribution < -0.4 is 5.32 Å². The number of aliphatic hydroxyl groups is 1. The van der Waals surface area contributed by atoms with Crippen molar-refractivity contribution in [1.29, 1.82) is 0 Å². The van der Waals surface area contributed by atoms with Crippen LogP contribution in [-0.4, -0.2) is 96.4 Å². The van der Waals surface area contributed by atoms with E-state index in [4.69, 9.17) is 19.3 Å². The average molecular weight is 685 g/mol. The van der Waals surface area contributed by atoms with Crippen LogP contribution in [0.5, 0.6) is 0 Å². The third kappa shape index (κ3) is 7.87. The van der Waals surface area contributed by atoms with Gasteiger partial charge in [0.05, 0.1) is 12.2 Å². The van der Waals surface area contributed by atoms with Crippen molar-refractivity contribution < 1.29 is 56.4 Å². The van der Waals surface area contributed by atoms with Crippen LogP contribution in [0, 0.1) is 0 Å². The Hall–Kier alpha value is -4.53. The number of benzene rings is 2. The Bertz CT molecular complexity index is 1630. The van der Waals surface area contributed by atoms with E-state index in [2.05, 4.69) is 10.1 Å². The van der Waals surface area contributed by atoms with Crippen LogP contribution in [0.2, 0.25) is 0 Å². The van der Waals surface area contributed by atoms with Crippen molar-refractivity contribution in [3.63, 3.8) is 0 Å². The van der Waals surface area contributed by atoms with Crippen molar-refractivity contribution >= 4 is 29.8 Å². The van der Waals surface area contributed by atoms with Gasteiger partial charge in [0.1, 0.15) is 24.4 Å². The quantitative estimate of drug-likeness (QED) is 0.301. The summed E-state index contributed by atoms with van der Waals surface area (Å²) < 4.78 is 60.0. The normalized spacial score (nSPS) is 24.0. The molecule has 49 heavy (non-hydrogen) atoms. The van der Waals surface area contributed by atoms with Crippen LogP contribution in [0.25, 0.3) is 6.08 Å². The molecule has 2 aliphatic carbocycles. The minimum Gasteiger partial charge on any atom is -0.456 e. The molecule has 2 aromatic rings. The number of likely N-dealkylation sites (tertiary alicyclic amines) is 1. The number of hydrogen-bond donors (Lipinski definition) is 2. The lowest BCUT2D eigenvalue weighted by molar-refractivity contribution is -0.182. The van der Waals surface area contributed by atoms with Gasteiger partial charge in [-0.25, -0.2) is 9.59 Å². The van der Waals surface area contributed by atoms with Crippen molar-refractivity contribution in [3.8, 4) is 0 Å². The highest BCUT2D eigenvalue weighted by Gasteiger charge is 2.55. The minimum absolute atomic E-state index is 0.0144. The van der Waals surface area contributed by atoms with E-state index in [1.807, 2.05) is 24.3 Å². The second kappa shape index (κ2) is 14.1. The van der Waals surface area contributed by atoms with Crippen LogP contribution in [-0.2, 0) is 46.2 Å². The number of nitrogens with zero attached hydrogens (tertiary/aromatic N) is 1. The number of fused-ring (bicyclic) bond motifs is 2. The van der Waals surface area contributed by atoms with Gasteiger partial charge < -0.3 is 34.3 Å². The van der Waals surface area contributed by atoms with E-state index in [-0.39, 0.29) is 37.0 Å². The summed E-state index contributed by atoms with van der Waals surface area (Å²) in [6.07, 6.45) is -1.12. The molecule has 6 rings (SSSR count). The summed E-state index contributed by atoms with van der Waals surface area (Å²) in [7, 11) is 0. The van der Waals surface area contributed by atoms with E-state index in [9.17, 15) is 32.3 Å². The molecule has 0 bridgehead atoms. The molecule has 11 nitrogen and oxygen atoms in total. The SMILES string of the molecule is O=C(C=Cc1ccc(C(=O)O[C@@H]2CC(C(=O)N3CCC[C@@H]3C(=O)NCCO)=C[C@H]3OC4(Cc5ccccc5C4)O[C@H]32)cc1)OCC(F)(F)F. The van der Waals surface area contributed by atoms with Gasteiger partial charge in [-0.05, 0) is 53.8 Å². The van der Waals surface area contributed by atoms with Crippen molar-refractivity contribution in [3.05, 3.63) is 88.5 Å². The number of nitrogens with one attached hydrogen (secondary N) is 1. The van der Waals surface area contributed by atoms with Gasteiger partial charge in [0, 0.05) is 44.0 Å². The van der Waals surface area contributed by atoms with E-state index in [1.165, 1.54) is 35.2 Å². The monoisotopic (exact) mass is 684 g/mol. The molecular weight excluding hydrogens is 649 g/mol. The number of esters is 2. The molecule has 2 amide bonds. The molecule has 2 heterocycles. The number of alkyl halides is 3. The van der Waals surface area contributed by atoms with Crippen LogP contribution in [0.4, 0.5) is 13.2 Å². The zero-order valence-electron chi connectivity index (χ0n) is 26.3. The summed E-state index contributed by atoms with van der Waals surface area (Å²) in [5.74, 6) is -3.60. The first-order chi connectivity index (χ1) is 23.4. The Morgan fingerprint density at radius 1 is 1.04 bits per heavy atom. The molecule has 2 aromatic carbocycles. The molecule has 2 N–H and O–H groups in total. The molecule has 0 unspecified atom stereocenters. The van der Waals surface area contributed by atoms with E-state index < -0.39 is 54.9 Å². The largest absolute Gasteiger partial charge is 0.456 e. The summed E-state index contributed by atoms with van der Waals surface area (Å²) in [5.41, 5.74) is 3.05. The number of carbonyl (C=O) groups is 4. The van der Waals surface area contributed by atoms with Crippen LogP contribution >= 0.6 is 0 Å². The second-order valence-electron chi connectivity index (χ2n) is 12.4. The standard InChI is InChI=1S/C35H35F3N2O9/c36-35(37,38)20-46-29(42)12-9-21-7-10-22(11-8-21)33(45)47-27-16-25(32(44)40-14-3-6-26(40)31(43)39-13-15-41)17-28-30(27)49-34(48-28)18-23-4-1-2-5-24(23)19-34/h1-2,4-5,7-12,17,26-28,30,41H,3,6,13-16,18-20H2,(H,39,43)/t26-,27-,28-,30+/m1/s1. The minimum atomic E-state index is -4.64. The highest BCUT2D eigenvalue weighted by Crippen LogP contribution is 2.45. The Morgan fingerprint density at radius 3 is 2.43 bits per heavy atom. The molecule has 0 aromatic heterocycles. The molecule has 1 spiro atoms. The molecule has 4 atom stereocenters. The molecule has 2 fully saturated rings. The number of aliphatic hydroxyl groups excluding tert-OH is 1. The van der Waals surface area contributed by atoms with E-state index in [0.717, 1.165) is 17.2 Å². The maximum atomic E-state index is 13.9. The predicted molar refractivity (Wildman–Crippen MR) is 166 cm³/mol. The summed E-state index contributed by atoms with van der Waals surface area (Å²) >= 11 is 0. The van der Waals surface area contributed by atoms with E-state index in [1.54, 1.807) is 6.08 Å². The third-order valence-corrected chi connectivity index (χ3v) is 8.91. The van der Waals surface area contributed by atoms with Gasteiger partial charge in [0.25, 0.3) is 0 Å². The summed E-state index contributed by atoms with van der Waals surface area (Å²) in [4.78, 5) is 53.2. The first-order valence-corrected chi connectivity index (χ1v) is 16.0. The number of rotatable bonds is 9. The van der Waals surface area contributed by atoms with Gasteiger partial charge in [-0.15, -0.1) is 0 Å². The molecule has 260 valence electrons. The van der Waals surface area contributed by atoms with Gasteiger partial charge in [-0.3, -0.25) is 9.59 Å². The molecule has 14 heteroatoms. The summed E-state index contributed by atoms with van der Waals surface area (Å²) in [6.45, 7) is -1.49. The van der Waals surface area contributed by atoms with Crippen molar-refractivity contribution in [2.24, 2.45) is 0 Å². The smallest absolute Gasteiger partial charge is 0.422 e. The molecular formula is C35H35F3N2O9. The molecule has 4 aliphatic rings. The molecule has 0 saturated carbocycles. The summed E-state index contributed by atoms with van der Waals surface area (Å²) in [5, 5.41) is 11.8. The fourth-order valence-corrected chi connectivity index (χ4v) is 6.72. The van der Waals surface area contributed by atoms with E-state index >= 15 is 0 Å². The number of hydrogen-bond acceptors (Lipinski definition) is 9. The highest BCUT2D eigenvalue weighted by atomic mass is 19.4. The van der Waals surface area contributed by atoms with Crippen LogP contribution in [0.1, 0.15) is 46.3 Å². The lowest BCUT2D eigenvalue weighted by atomic mass is 9.91. The molecule has 2 aliphatic heterocycles. The van der Waals surface area contributed by atoms with Gasteiger partial charge in [0.2, 0.25) is 11.8 Å². The number of ether oxygens (including phenoxy) is 4. The van der Waals surface area contributed by atoms with Crippen molar-refractivity contribution in [2.75, 3.05) is 26.3 Å². The number of halogens is 3. The predicted octanol–water partition coefficient (Wildman–Crippen LogP) is 3.04. The molecule has 0 radical (unpaired) electrons. The summed E-state index contributed by atoms with van der Waals surface area (Å²) in [6, 6.07) is 13.0. The molecule has 2 saturated heterocycles. The Kier molecular flexibility index (Phi) is 9.91. The zero-order chi connectivity index (χ0) is 34.8. The lowest BCUT2D eigenvalue weighted by Gasteiger charge is -2.32. The zero-order valence-corrected chi connectivity index (χ0v) is 26.3. The van der Waals surface area contributed by atoms with Gasteiger partial charge in [-0.2, -0.15) is 13.2 Å². The Morgan fingerprint density at radius 2 is 1.76 bits per heavy atom.